The van der Waals surface area contributed by atoms with Crippen LogP contribution in [-0.2, 0) is 13.2 Å². The van der Waals surface area contributed by atoms with Crippen molar-refractivity contribution in [1.82, 2.24) is 19.7 Å². The molecule has 0 amide bonds. The van der Waals surface area contributed by atoms with Crippen molar-refractivity contribution in [1.29, 1.82) is 0 Å². The van der Waals surface area contributed by atoms with E-state index in [-0.39, 0.29) is 12.6 Å². The van der Waals surface area contributed by atoms with Gasteiger partial charge in [-0.3, -0.25) is 14.6 Å². The van der Waals surface area contributed by atoms with E-state index in [2.05, 4.69) is 28.9 Å². The van der Waals surface area contributed by atoms with Crippen molar-refractivity contribution in [3.8, 4) is 17.1 Å². The molecule has 0 bridgehead atoms. The van der Waals surface area contributed by atoms with E-state index in [1.54, 1.807) is 12.4 Å². The lowest BCUT2D eigenvalue weighted by molar-refractivity contribution is 0.253. The van der Waals surface area contributed by atoms with Gasteiger partial charge in [0.1, 0.15) is 18.1 Å². The molecule has 130 valence electrons. The van der Waals surface area contributed by atoms with Gasteiger partial charge in [0.2, 0.25) is 0 Å². The first-order valence-corrected chi connectivity index (χ1v) is 8.28. The fraction of sp³-hybridized carbons (Fsp3) is 0.316. The van der Waals surface area contributed by atoms with Gasteiger partial charge in [-0.2, -0.15) is 5.10 Å². The summed E-state index contributed by atoms with van der Waals surface area (Å²) in [6, 6.07) is 9.77. The molecule has 0 atom stereocenters. The third-order valence-corrected chi connectivity index (χ3v) is 3.90. The highest BCUT2D eigenvalue weighted by Crippen LogP contribution is 2.25. The Balaban J connectivity index is 1.89. The summed E-state index contributed by atoms with van der Waals surface area (Å²) >= 11 is 0. The average molecular weight is 338 g/mol. The van der Waals surface area contributed by atoms with Crippen LogP contribution in [0, 0.1) is 6.92 Å². The Morgan fingerprint density at radius 3 is 2.76 bits per heavy atom. The first-order chi connectivity index (χ1) is 12.1. The summed E-state index contributed by atoms with van der Waals surface area (Å²) < 4.78 is 7.86. The van der Waals surface area contributed by atoms with Gasteiger partial charge >= 0.3 is 0 Å². The number of aromatic nitrogens is 4. The summed E-state index contributed by atoms with van der Waals surface area (Å²) in [4.78, 5) is 8.84. The van der Waals surface area contributed by atoms with Gasteiger partial charge in [-0.15, -0.1) is 0 Å². The molecule has 0 saturated carbocycles. The van der Waals surface area contributed by atoms with Crippen LogP contribution >= 0.6 is 0 Å². The third-order valence-electron chi connectivity index (χ3n) is 3.90. The highest BCUT2D eigenvalue weighted by atomic mass is 16.5. The van der Waals surface area contributed by atoms with Crippen LogP contribution in [0.15, 0.2) is 42.7 Å². The highest BCUT2D eigenvalue weighted by molar-refractivity contribution is 5.59. The molecule has 6 heteroatoms. The van der Waals surface area contributed by atoms with Gasteiger partial charge < -0.3 is 9.84 Å². The second-order valence-corrected chi connectivity index (χ2v) is 6.11. The molecular weight excluding hydrogens is 316 g/mol. The zero-order valence-corrected chi connectivity index (χ0v) is 14.7. The molecule has 0 aliphatic heterocycles. The van der Waals surface area contributed by atoms with Crippen LogP contribution in [0.1, 0.15) is 36.8 Å². The van der Waals surface area contributed by atoms with Crippen LogP contribution in [-0.4, -0.2) is 24.9 Å². The van der Waals surface area contributed by atoms with Crippen LogP contribution in [0.4, 0.5) is 0 Å². The number of ether oxygens (including phenoxy) is 1. The zero-order valence-electron chi connectivity index (χ0n) is 14.7. The number of rotatable bonds is 6. The Kier molecular flexibility index (Phi) is 5.09. The monoisotopic (exact) mass is 338 g/mol. The Morgan fingerprint density at radius 1 is 1.16 bits per heavy atom. The van der Waals surface area contributed by atoms with Crippen LogP contribution < -0.4 is 4.74 Å². The molecule has 1 N–H and O–H groups in total. The van der Waals surface area contributed by atoms with Crippen molar-refractivity contribution in [2.75, 3.05) is 0 Å². The number of aliphatic hydroxyl groups excluding tert-OH is 1. The lowest BCUT2D eigenvalue weighted by Gasteiger charge is -2.15. The molecule has 3 aromatic rings. The maximum atomic E-state index is 9.48. The smallest absolute Gasteiger partial charge is 0.143 e. The Labute approximate surface area is 147 Å². The zero-order chi connectivity index (χ0) is 17.8. The topological polar surface area (TPSA) is 73.1 Å². The van der Waals surface area contributed by atoms with Crippen molar-refractivity contribution in [2.45, 2.75) is 40.0 Å². The summed E-state index contributed by atoms with van der Waals surface area (Å²) in [6.45, 7) is 6.23. The number of hydrogen-bond donors (Lipinski definition) is 1. The molecule has 0 aromatic carbocycles. The van der Waals surface area contributed by atoms with E-state index in [0.29, 0.717) is 18.1 Å². The quantitative estimate of drug-likeness (QED) is 0.746. The van der Waals surface area contributed by atoms with Crippen LogP contribution in [0.5, 0.6) is 5.75 Å². The molecule has 0 saturated heterocycles. The van der Waals surface area contributed by atoms with Crippen molar-refractivity contribution < 1.29 is 9.84 Å². The van der Waals surface area contributed by atoms with Crippen molar-refractivity contribution in [2.24, 2.45) is 0 Å². The molecule has 3 heterocycles. The molecule has 0 fully saturated rings. The lowest BCUT2D eigenvalue weighted by atomic mass is 10.1. The third kappa shape index (κ3) is 3.69. The van der Waals surface area contributed by atoms with Gasteiger partial charge in [-0.05, 0) is 45.0 Å². The minimum atomic E-state index is -0.156. The van der Waals surface area contributed by atoms with Gasteiger partial charge in [0.05, 0.1) is 18.0 Å². The van der Waals surface area contributed by atoms with Gasteiger partial charge in [0.15, 0.2) is 0 Å². The molecule has 0 unspecified atom stereocenters. The van der Waals surface area contributed by atoms with E-state index in [1.807, 2.05) is 41.9 Å². The molecule has 0 aliphatic carbocycles. The van der Waals surface area contributed by atoms with Crippen molar-refractivity contribution in [3.05, 3.63) is 59.7 Å². The van der Waals surface area contributed by atoms with E-state index in [9.17, 15) is 5.11 Å². The minimum absolute atomic E-state index is 0.156. The van der Waals surface area contributed by atoms with Gasteiger partial charge in [-0.25, -0.2) is 0 Å². The summed E-state index contributed by atoms with van der Waals surface area (Å²) in [5.74, 6) is 0.584. The summed E-state index contributed by atoms with van der Waals surface area (Å²) in [7, 11) is 0. The number of hydrogen-bond acceptors (Lipinski definition) is 5. The Morgan fingerprint density at radius 2 is 2.00 bits per heavy atom. The molecule has 25 heavy (non-hydrogen) atoms. The second-order valence-electron chi connectivity index (χ2n) is 6.11. The fourth-order valence-electron chi connectivity index (χ4n) is 2.70. The van der Waals surface area contributed by atoms with E-state index in [4.69, 9.17) is 4.74 Å². The van der Waals surface area contributed by atoms with Crippen LogP contribution in [0.2, 0.25) is 0 Å². The average Bonchev–Trinajstić information content (AvgIpc) is 3.10. The number of aryl methyl sites for hydroxylation is 1. The lowest BCUT2D eigenvalue weighted by Crippen LogP contribution is -2.08. The van der Waals surface area contributed by atoms with E-state index < -0.39 is 0 Å². The molecule has 0 aliphatic rings. The largest absolute Gasteiger partial charge is 0.487 e. The first kappa shape index (κ1) is 17.1. The SMILES string of the molecule is Cc1ccc(OCc2cccnc2-c2ccnn2C(C)C)c(CO)n1. The Hall–Kier alpha value is -2.73. The minimum Gasteiger partial charge on any atom is -0.487 e. The van der Waals surface area contributed by atoms with E-state index in [1.165, 1.54) is 0 Å². The second kappa shape index (κ2) is 7.44. The molecule has 3 rings (SSSR count). The molecular formula is C19H22N4O2. The maximum absolute atomic E-state index is 9.48. The first-order valence-electron chi connectivity index (χ1n) is 8.28. The number of pyridine rings is 2. The maximum Gasteiger partial charge on any atom is 0.143 e. The number of aliphatic hydroxyl groups is 1. The van der Waals surface area contributed by atoms with Gasteiger partial charge in [-0.1, -0.05) is 6.07 Å². The fourth-order valence-corrected chi connectivity index (χ4v) is 2.70. The van der Waals surface area contributed by atoms with Gasteiger partial charge in [0, 0.05) is 29.7 Å². The highest BCUT2D eigenvalue weighted by Gasteiger charge is 2.14. The molecule has 6 nitrogen and oxygen atoms in total. The molecule has 0 radical (unpaired) electrons. The normalized spacial score (nSPS) is 11.1. The summed E-state index contributed by atoms with van der Waals surface area (Å²) in [6.07, 6.45) is 3.55. The number of nitrogens with zero attached hydrogens (tertiary/aromatic N) is 4. The van der Waals surface area contributed by atoms with Crippen LogP contribution in [0.25, 0.3) is 11.4 Å². The standard InChI is InChI=1S/C19H22N4O2/c1-13(2)23-17(8-10-21-23)19-15(5-4-9-20-19)12-25-18-7-6-14(3)22-16(18)11-24/h4-10,13,24H,11-12H2,1-3H3. The van der Waals surface area contributed by atoms with Gasteiger partial charge in [0.25, 0.3) is 0 Å². The van der Waals surface area contributed by atoms with Crippen molar-refractivity contribution >= 4 is 0 Å². The van der Waals surface area contributed by atoms with Crippen LogP contribution in [0.3, 0.4) is 0 Å². The summed E-state index contributed by atoms with van der Waals surface area (Å²) in [5.41, 5.74) is 4.14. The molecule has 0 spiro atoms. The summed E-state index contributed by atoms with van der Waals surface area (Å²) in [5, 5.41) is 13.9. The van der Waals surface area contributed by atoms with Crippen molar-refractivity contribution in [3.63, 3.8) is 0 Å². The van der Waals surface area contributed by atoms with E-state index in [0.717, 1.165) is 22.6 Å². The predicted octanol–water partition coefficient (Wildman–Crippen LogP) is 3.30. The Bertz CT molecular complexity index is 858. The van der Waals surface area contributed by atoms with E-state index >= 15 is 0 Å². The predicted molar refractivity (Wildman–Crippen MR) is 95.1 cm³/mol. The molecule has 3 aromatic heterocycles.